The van der Waals surface area contributed by atoms with Gasteiger partial charge in [-0.2, -0.15) is 5.26 Å². The molecule has 2 aliphatic rings. The standard InChI is InChI=1S/C12H15N3/c13-8-10-9-15-7-3-4-11(15)12(10)14-5-1-2-6-14/h3-4,7,10,12H,1-2,5-6,9H2/t10-,12+/m1/s1. The maximum atomic E-state index is 9.20. The number of hydrogen-bond acceptors (Lipinski definition) is 2. The molecule has 15 heavy (non-hydrogen) atoms. The molecule has 0 unspecified atom stereocenters. The molecule has 1 aromatic heterocycles. The van der Waals surface area contributed by atoms with Crippen molar-refractivity contribution in [3.05, 3.63) is 24.0 Å². The molecule has 0 aromatic carbocycles. The van der Waals surface area contributed by atoms with Crippen LogP contribution in [-0.2, 0) is 6.54 Å². The Labute approximate surface area is 89.9 Å². The van der Waals surface area contributed by atoms with Gasteiger partial charge in [0.05, 0.1) is 18.0 Å². The van der Waals surface area contributed by atoms with Crippen molar-refractivity contribution in [2.45, 2.75) is 25.4 Å². The number of hydrogen-bond donors (Lipinski definition) is 0. The third kappa shape index (κ3) is 1.29. The summed E-state index contributed by atoms with van der Waals surface area (Å²) in [6.45, 7) is 3.20. The summed E-state index contributed by atoms with van der Waals surface area (Å²) in [5.41, 5.74) is 1.34. The monoisotopic (exact) mass is 201 g/mol. The van der Waals surface area contributed by atoms with Crippen molar-refractivity contribution in [2.24, 2.45) is 5.92 Å². The predicted molar refractivity (Wildman–Crippen MR) is 57.1 cm³/mol. The van der Waals surface area contributed by atoms with Gasteiger partial charge in [0.25, 0.3) is 0 Å². The molecule has 0 radical (unpaired) electrons. The van der Waals surface area contributed by atoms with E-state index < -0.39 is 0 Å². The molecular weight excluding hydrogens is 186 g/mol. The van der Waals surface area contributed by atoms with Gasteiger partial charge in [0.1, 0.15) is 0 Å². The molecule has 2 aliphatic heterocycles. The lowest BCUT2D eigenvalue weighted by molar-refractivity contribution is 0.215. The molecule has 0 amide bonds. The Hall–Kier alpha value is -1.27. The van der Waals surface area contributed by atoms with E-state index in [-0.39, 0.29) is 5.92 Å². The molecule has 0 spiro atoms. The van der Waals surface area contributed by atoms with Crippen LogP contribution in [0.1, 0.15) is 24.6 Å². The topological polar surface area (TPSA) is 32.0 Å². The molecule has 3 rings (SSSR count). The van der Waals surface area contributed by atoms with E-state index >= 15 is 0 Å². The Morgan fingerprint density at radius 1 is 1.33 bits per heavy atom. The summed E-state index contributed by atoms with van der Waals surface area (Å²) in [6.07, 6.45) is 4.67. The Morgan fingerprint density at radius 2 is 2.13 bits per heavy atom. The summed E-state index contributed by atoms with van der Waals surface area (Å²) in [5, 5.41) is 9.20. The van der Waals surface area contributed by atoms with Gasteiger partial charge in [0.15, 0.2) is 0 Å². The summed E-state index contributed by atoms with van der Waals surface area (Å²) < 4.78 is 2.23. The lowest BCUT2D eigenvalue weighted by Crippen LogP contribution is -2.28. The molecule has 0 N–H and O–H groups in total. The fourth-order valence-electron chi connectivity index (χ4n) is 2.95. The molecule has 1 fully saturated rings. The predicted octanol–water partition coefficient (Wildman–Crippen LogP) is 1.78. The van der Waals surface area contributed by atoms with E-state index in [2.05, 4.69) is 33.9 Å². The largest absolute Gasteiger partial charge is 0.349 e. The number of aromatic nitrogens is 1. The normalized spacial score (nSPS) is 30.3. The number of likely N-dealkylation sites (tertiary alicyclic amines) is 1. The highest BCUT2D eigenvalue weighted by Gasteiger charge is 2.37. The molecule has 3 heteroatoms. The summed E-state index contributed by atoms with van der Waals surface area (Å²) in [7, 11) is 0. The van der Waals surface area contributed by atoms with Crippen LogP contribution in [0.25, 0.3) is 0 Å². The lowest BCUT2D eigenvalue weighted by atomic mass is 10.0. The first-order chi connectivity index (χ1) is 7.40. The summed E-state index contributed by atoms with van der Waals surface area (Å²) in [6, 6.07) is 7.07. The van der Waals surface area contributed by atoms with Gasteiger partial charge in [-0.1, -0.05) is 0 Å². The van der Waals surface area contributed by atoms with Crippen molar-refractivity contribution in [1.82, 2.24) is 9.47 Å². The van der Waals surface area contributed by atoms with Gasteiger partial charge < -0.3 is 4.57 Å². The minimum Gasteiger partial charge on any atom is -0.349 e. The minimum absolute atomic E-state index is 0.152. The van der Waals surface area contributed by atoms with Crippen LogP contribution < -0.4 is 0 Å². The van der Waals surface area contributed by atoms with E-state index in [0.717, 1.165) is 19.6 Å². The summed E-state index contributed by atoms with van der Waals surface area (Å²) in [4.78, 5) is 2.48. The third-order valence-electron chi connectivity index (χ3n) is 3.64. The van der Waals surface area contributed by atoms with Gasteiger partial charge in [-0.25, -0.2) is 0 Å². The number of nitrogens with zero attached hydrogens (tertiary/aromatic N) is 3. The summed E-state index contributed by atoms with van der Waals surface area (Å²) in [5.74, 6) is 0.152. The average Bonchev–Trinajstić information content (AvgIpc) is 2.92. The van der Waals surface area contributed by atoms with Crippen LogP contribution in [0, 0.1) is 17.2 Å². The number of fused-ring (bicyclic) bond motifs is 1. The summed E-state index contributed by atoms with van der Waals surface area (Å²) >= 11 is 0. The van der Waals surface area contributed by atoms with Crippen molar-refractivity contribution in [1.29, 1.82) is 5.26 Å². The van der Waals surface area contributed by atoms with Gasteiger partial charge in [-0.15, -0.1) is 0 Å². The number of nitriles is 1. The highest BCUT2D eigenvalue weighted by molar-refractivity contribution is 5.21. The molecule has 0 saturated carbocycles. The number of rotatable bonds is 1. The Kier molecular flexibility index (Phi) is 2.03. The molecule has 1 aromatic rings. The Balaban J connectivity index is 1.94. The quantitative estimate of drug-likeness (QED) is 0.693. The first-order valence-corrected chi connectivity index (χ1v) is 5.69. The molecule has 2 atom stereocenters. The van der Waals surface area contributed by atoms with E-state index in [1.54, 1.807) is 0 Å². The first-order valence-electron chi connectivity index (χ1n) is 5.69. The zero-order valence-corrected chi connectivity index (χ0v) is 8.76. The van der Waals surface area contributed by atoms with Crippen molar-refractivity contribution in [3.8, 4) is 6.07 Å². The van der Waals surface area contributed by atoms with Crippen LogP contribution in [0.3, 0.4) is 0 Å². The van der Waals surface area contributed by atoms with Crippen molar-refractivity contribution >= 4 is 0 Å². The van der Waals surface area contributed by atoms with E-state index in [0.29, 0.717) is 6.04 Å². The second-order valence-electron chi connectivity index (χ2n) is 4.51. The Bertz CT molecular complexity index is 395. The van der Waals surface area contributed by atoms with Gasteiger partial charge >= 0.3 is 0 Å². The third-order valence-corrected chi connectivity index (χ3v) is 3.64. The fraction of sp³-hybridized carbons (Fsp3) is 0.583. The molecular formula is C12H15N3. The second kappa shape index (κ2) is 3.39. The van der Waals surface area contributed by atoms with Crippen LogP contribution in [0.2, 0.25) is 0 Å². The first kappa shape index (κ1) is 8.99. The van der Waals surface area contributed by atoms with Crippen LogP contribution in [-0.4, -0.2) is 22.6 Å². The van der Waals surface area contributed by atoms with E-state index in [4.69, 9.17) is 0 Å². The maximum Gasteiger partial charge on any atom is 0.0853 e. The van der Waals surface area contributed by atoms with Crippen LogP contribution in [0.5, 0.6) is 0 Å². The highest BCUT2D eigenvalue weighted by Crippen LogP contribution is 2.37. The van der Waals surface area contributed by atoms with Crippen LogP contribution >= 0.6 is 0 Å². The average molecular weight is 201 g/mol. The molecule has 0 bridgehead atoms. The molecule has 78 valence electrons. The lowest BCUT2D eigenvalue weighted by Gasteiger charge is -2.25. The zero-order chi connectivity index (χ0) is 10.3. The SMILES string of the molecule is N#C[C@@H]1Cn2cccc2[C@H]1N1CCCC1. The van der Waals surface area contributed by atoms with Gasteiger partial charge in [0, 0.05) is 18.4 Å². The van der Waals surface area contributed by atoms with E-state index in [1.165, 1.54) is 18.5 Å². The highest BCUT2D eigenvalue weighted by atomic mass is 15.2. The van der Waals surface area contributed by atoms with Crippen molar-refractivity contribution in [2.75, 3.05) is 13.1 Å². The fourth-order valence-corrected chi connectivity index (χ4v) is 2.95. The van der Waals surface area contributed by atoms with Gasteiger partial charge in [0.2, 0.25) is 0 Å². The van der Waals surface area contributed by atoms with Crippen LogP contribution in [0.15, 0.2) is 18.3 Å². The molecule has 0 aliphatic carbocycles. The van der Waals surface area contributed by atoms with Gasteiger partial charge in [-0.05, 0) is 38.1 Å². The molecule has 1 saturated heterocycles. The molecule has 3 nitrogen and oxygen atoms in total. The van der Waals surface area contributed by atoms with Crippen molar-refractivity contribution < 1.29 is 0 Å². The van der Waals surface area contributed by atoms with E-state index in [9.17, 15) is 5.26 Å². The smallest absolute Gasteiger partial charge is 0.0853 e. The van der Waals surface area contributed by atoms with E-state index in [1.807, 2.05) is 0 Å². The Morgan fingerprint density at radius 3 is 2.87 bits per heavy atom. The zero-order valence-electron chi connectivity index (χ0n) is 8.76. The maximum absolute atomic E-state index is 9.20. The molecule has 3 heterocycles. The van der Waals surface area contributed by atoms with Crippen molar-refractivity contribution in [3.63, 3.8) is 0 Å². The van der Waals surface area contributed by atoms with Crippen LogP contribution in [0.4, 0.5) is 0 Å². The minimum atomic E-state index is 0.152. The second-order valence-corrected chi connectivity index (χ2v) is 4.51. The van der Waals surface area contributed by atoms with Gasteiger partial charge in [-0.3, -0.25) is 4.90 Å².